The predicted octanol–water partition coefficient (Wildman–Crippen LogP) is 4.75. The number of amides is 3. The number of carbonyl (C=O) groups is 4. The first-order valence-electron chi connectivity index (χ1n) is 9.56. The van der Waals surface area contributed by atoms with Gasteiger partial charge in [-0.2, -0.15) is 0 Å². The van der Waals surface area contributed by atoms with E-state index in [0.29, 0.717) is 17.3 Å². The topological polar surface area (TPSA) is 136 Å². The first kappa shape index (κ1) is 25.2. The number of rotatable bonds is 7. The summed E-state index contributed by atoms with van der Waals surface area (Å²) in [6.07, 6.45) is 1.30. The summed E-state index contributed by atoms with van der Waals surface area (Å²) in [5.41, 5.74) is 0.207. The maximum atomic E-state index is 12.7. The molecule has 0 atom stereocenters. The Morgan fingerprint density at radius 1 is 1.18 bits per heavy atom. The van der Waals surface area contributed by atoms with E-state index in [1.165, 1.54) is 42.5 Å². The Morgan fingerprint density at radius 2 is 1.88 bits per heavy atom. The molecule has 1 saturated heterocycles. The van der Waals surface area contributed by atoms with Gasteiger partial charge in [-0.05, 0) is 54.6 Å². The van der Waals surface area contributed by atoms with Crippen LogP contribution >= 0.6 is 35.0 Å². The molecule has 0 unspecified atom stereocenters. The molecule has 0 aromatic heterocycles. The van der Waals surface area contributed by atoms with E-state index in [1.54, 1.807) is 6.92 Å². The Kier molecular flexibility index (Phi) is 7.92. The van der Waals surface area contributed by atoms with Gasteiger partial charge in [-0.15, -0.1) is 0 Å². The number of nitrogens with zero attached hydrogens (tertiary/aromatic N) is 2. The van der Waals surface area contributed by atoms with Gasteiger partial charge >= 0.3 is 5.97 Å². The van der Waals surface area contributed by atoms with Crippen LogP contribution < -0.4 is 5.32 Å². The molecular weight excluding hydrogens is 509 g/mol. The largest absolute Gasteiger partial charge is 0.462 e. The lowest BCUT2D eigenvalue weighted by molar-refractivity contribution is -0.384. The van der Waals surface area contributed by atoms with Crippen LogP contribution in [0.4, 0.5) is 16.2 Å². The molecule has 0 bridgehead atoms. The summed E-state index contributed by atoms with van der Waals surface area (Å²) in [6.45, 7) is 1.19. The summed E-state index contributed by atoms with van der Waals surface area (Å²) in [5, 5.41) is 12.9. The van der Waals surface area contributed by atoms with E-state index in [1.807, 2.05) is 0 Å². The minimum absolute atomic E-state index is 0.00879. The second kappa shape index (κ2) is 10.7. The van der Waals surface area contributed by atoms with Crippen molar-refractivity contribution in [2.24, 2.45) is 0 Å². The molecule has 0 spiro atoms. The highest BCUT2D eigenvalue weighted by Crippen LogP contribution is 2.33. The molecule has 1 aliphatic heterocycles. The lowest BCUT2D eigenvalue weighted by Crippen LogP contribution is -2.36. The summed E-state index contributed by atoms with van der Waals surface area (Å²) < 4.78 is 4.90. The summed E-state index contributed by atoms with van der Waals surface area (Å²) in [5.74, 6) is -2.09. The number of esters is 1. The van der Waals surface area contributed by atoms with Crippen molar-refractivity contribution in [1.82, 2.24) is 4.90 Å². The van der Waals surface area contributed by atoms with Gasteiger partial charge in [-0.1, -0.05) is 29.3 Å². The standard InChI is InChI=1S/C21H15Cl2N3O7S/c1-2-33-20(29)13-9-12(4-6-14(13)22)24-18(27)10-25-19(28)17(34-21(25)30)8-11-3-5-15(23)16(7-11)26(31)32/h3-9H,2,10H2,1H3,(H,24,27)/b17-8-. The van der Waals surface area contributed by atoms with Crippen molar-refractivity contribution in [3.8, 4) is 0 Å². The van der Waals surface area contributed by atoms with Gasteiger partial charge in [0.05, 0.1) is 27.0 Å². The second-order valence-electron chi connectivity index (χ2n) is 6.70. The molecular formula is C21H15Cl2N3O7S. The van der Waals surface area contributed by atoms with E-state index in [2.05, 4.69) is 5.32 Å². The van der Waals surface area contributed by atoms with Gasteiger partial charge in [-0.3, -0.25) is 29.4 Å². The first-order valence-corrected chi connectivity index (χ1v) is 11.1. The highest BCUT2D eigenvalue weighted by molar-refractivity contribution is 8.18. The van der Waals surface area contributed by atoms with Crippen LogP contribution in [0.5, 0.6) is 0 Å². The molecule has 34 heavy (non-hydrogen) atoms. The number of carbonyl (C=O) groups excluding carboxylic acids is 4. The fraction of sp³-hybridized carbons (Fsp3) is 0.143. The fourth-order valence-electron chi connectivity index (χ4n) is 2.86. The van der Waals surface area contributed by atoms with Crippen molar-refractivity contribution >= 4 is 75.4 Å². The normalized spacial score (nSPS) is 14.4. The van der Waals surface area contributed by atoms with Gasteiger partial charge in [-0.25, -0.2) is 4.79 Å². The number of anilines is 1. The average molecular weight is 524 g/mol. The lowest BCUT2D eigenvalue weighted by atomic mass is 10.2. The minimum atomic E-state index is -0.730. The van der Waals surface area contributed by atoms with E-state index in [4.69, 9.17) is 27.9 Å². The fourth-order valence-corrected chi connectivity index (χ4v) is 4.08. The third-order valence-electron chi connectivity index (χ3n) is 4.39. The Hall–Kier alpha value is -3.41. The van der Waals surface area contributed by atoms with Crippen LogP contribution in [0.15, 0.2) is 41.3 Å². The van der Waals surface area contributed by atoms with Crippen LogP contribution in [-0.2, 0) is 14.3 Å². The number of thioether (sulfide) groups is 1. The van der Waals surface area contributed by atoms with Crippen LogP contribution in [0, 0.1) is 10.1 Å². The SMILES string of the molecule is CCOC(=O)c1cc(NC(=O)CN2C(=O)S/C(=C\c3ccc(Cl)c([N+](=O)[O-])c3)C2=O)ccc1Cl. The summed E-state index contributed by atoms with van der Waals surface area (Å²) in [7, 11) is 0. The molecule has 1 aliphatic rings. The van der Waals surface area contributed by atoms with Crippen molar-refractivity contribution in [3.05, 3.63) is 72.6 Å². The van der Waals surface area contributed by atoms with Gasteiger partial charge in [0, 0.05) is 11.8 Å². The van der Waals surface area contributed by atoms with Crippen LogP contribution in [0.25, 0.3) is 6.08 Å². The smallest absolute Gasteiger partial charge is 0.339 e. The number of nitro groups is 1. The van der Waals surface area contributed by atoms with E-state index >= 15 is 0 Å². The Bertz CT molecular complexity index is 1250. The molecule has 0 saturated carbocycles. The van der Waals surface area contributed by atoms with Gasteiger partial charge in [0.15, 0.2) is 0 Å². The summed E-state index contributed by atoms with van der Waals surface area (Å²) >= 11 is 12.4. The van der Waals surface area contributed by atoms with Crippen LogP contribution in [0.2, 0.25) is 10.0 Å². The number of hydrogen-bond donors (Lipinski definition) is 1. The number of nitro benzene ring substituents is 1. The molecule has 1 fully saturated rings. The molecule has 2 aromatic carbocycles. The maximum absolute atomic E-state index is 12.7. The van der Waals surface area contributed by atoms with Crippen molar-refractivity contribution in [3.63, 3.8) is 0 Å². The maximum Gasteiger partial charge on any atom is 0.339 e. The average Bonchev–Trinajstić information content (AvgIpc) is 3.03. The van der Waals surface area contributed by atoms with Crippen molar-refractivity contribution in [1.29, 1.82) is 0 Å². The van der Waals surface area contributed by atoms with Crippen LogP contribution in [0.3, 0.4) is 0 Å². The molecule has 3 amide bonds. The monoisotopic (exact) mass is 523 g/mol. The highest BCUT2D eigenvalue weighted by atomic mass is 35.5. The zero-order valence-corrected chi connectivity index (χ0v) is 19.7. The number of benzene rings is 2. The Labute approximate surface area is 207 Å². The highest BCUT2D eigenvalue weighted by Gasteiger charge is 2.36. The third kappa shape index (κ3) is 5.74. The zero-order chi connectivity index (χ0) is 25.0. The van der Waals surface area contributed by atoms with Gasteiger partial charge in [0.2, 0.25) is 5.91 Å². The Balaban J connectivity index is 1.72. The van der Waals surface area contributed by atoms with Gasteiger partial charge < -0.3 is 10.1 Å². The number of halogens is 2. The molecule has 176 valence electrons. The Morgan fingerprint density at radius 3 is 2.56 bits per heavy atom. The van der Waals surface area contributed by atoms with Crippen LogP contribution in [0.1, 0.15) is 22.8 Å². The van der Waals surface area contributed by atoms with Crippen molar-refractivity contribution < 1.29 is 28.8 Å². The second-order valence-corrected chi connectivity index (χ2v) is 8.51. The van der Waals surface area contributed by atoms with Gasteiger partial charge in [0.25, 0.3) is 16.8 Å². The predicted molar refractivity (Wildman–Crippen MR) is 127 cm³/mol. The van der Waals surface area contributed by atoms with E-state index in [-0.39, 0.29) is 38.5 Å². The molecule has 1 N–H and O–H groups in total. The van der Waals surface area contributed by atoms with E-state index in [0.717, 1.165) is 4.90 Å². The quantitative estimate of drug-likeness (QED) is 0.237. The van der Waals surface area contributed by atoms with Crippen LogP contribution in [-0.4, -0.2) is 46.0 Å². The summed E-state index contributed by atoms with van der Waals surface area (Å²) in [6, 6.07) is 8.10. The third-order valence-corrected chi connectivity index (χ3v) is 5.94. The number of imide groups is 1. The molecule has 1 heterocycles. The number of ether oxygens (including phenoxy) is 1. The van der Waals surface area contributed by atoms with Crippen molar-refractivity contribution in [2.75, 3.05) is 18.5 Å². The van der Waals surface area contributed by atoms with Gasteiger partial charge in [0.1, 0.15) is 11.6 Å². The molecule has 2 aromatic rings. The molecule has 3 rings (SSSR count). The van der Waals surface area contributed by atoms with E-state index in [9.17, 15) is 29.3 Å². The zero-order valence-electron chi connectivity index (χ0n) is 17.4. The summed E-state index contributed by atoms with van der Waals surface area (Å²) in [4.78, 5) is 60.5. The van der Waals surface area contributed by atoms with Crippen molar-refractivity contribution in [2.45, 2.75) is 6.92 Å². The van der Waals surface area contributed by atoms with E-state index < -0.39 is 34.5 Å². The number of nitrogens with one attached hydrogen (secondary N) is 1. The number of hydrogen-bond acceptors (Lipinski definition) is 8. The molecule has 13 heteroatoms. The molecule has 0 aliphatic carbocycles. The molecule has 10 nitrogen and oxygen atoms in total. The lowest BCUT2D eigenvalue weighted by Gasteiger charge is -2.13. The minimum Gasteiger partial charge on any atom is -0.462 e. The first-order chi connectivity index (χ1) is 16.1. The molecule has 0 radical (unpaired) electrons.